The lowest BCUT2D eigenvalue weighted by Crippen LogP contribution is -2.48. The third-order valence-corrected chi connectivity index (χ3v) is 4.70. The topological polar surface area (TPSA) is 49.4 Å². The van der Waals surface area contributed by atoms with Crippen LogP contribution in [0.25, 0.3) is 0 Å². The lowest BCUT2D eigenvalue weighted by molar-refractivity contribution is -0.0416. The minimum atomic E-state index is 0.172. The molecule has 2 N–H and O–H groups in total. The third-order valence-electron chi connectivity index (χ3n) is 4.13. The molecule has 0 amide bonds. The molecule has 2 aliphatic rings. The maximum atomic E-state index is 6.18. The van der Waals surface area contributed by atoms with Gasteiger partial charge in [0.15, 0.2) is 0 Å². The quantitative estimate of drug-likeness (QED) is 0.888. The van der Waals surface area contributed by atoms with Crippen LogP contribution in [-0.4, -0.2) is 55.3 Å². The van der Waals surface area contributed by atoms with Gasteiger partial charge in [0.1, 0.15) is 11.6 Å². The standard InChI is InChI=1S/C14H20Cl2N4O/c1-17-13-11(15)5-12(16)14(19-13)18-6-10-7-20-4-2-3-9(20)8-21-10/h5,9-10H,2-4,6-8H2,1H3,(H2,17,18,19). The van der Waals surface area contributed by atoms with Gasteiger partial charge in [-0.15, -0.1) is 0 Å². The van der Waals surface area contributed by atoms with Crippen molar-refractivity contribution in [3.8, 4) is 0 Å². The lowest BCUT2D eigenvalue weighted by Gasteiger charge is -2.35. The number of ether oxygens (including phenoxy) is 1. The number of fused-ring (bicyclic) bond motifs is 1. The van der Waals surface area contributed by atoms with Gasteiger partial charge in [0.05, 0.1) is 22.8 Å². The summed E-state index contributed by atoms with van der Waals surface area (Å²) in [6.45, 7) is 3.69. The number of halogens is 2. The van der Waals surface area contributed by atoms with Gasteiger partial charge in [-0.1, -0.05) is 23.2 Å². The van der Waals surface area contributed by atoms with Crippen molar-refractivity contribution in [3.63, 3.8) is 0 Å². The van der Waals surface area contributed by atoms with Crippen LogP contribution in [-0.2, 0) is 4.74 Å². The van der Waals surface area contributed by atoms with Gasteiger partial charge in [-0.2, -0.15) is 0 Å². The molecule has 2 fully saturated rings. The van der Waals surface area contributed by atoms with Gasteiger partial charge in [0.2, 0.25) is 0 Å². The Hall–Kier alpha value is -0.750. The third kappa shape index (κ3) is 3.37. The fourth-order valence-electron chi connectivity index (χ4n) is 2.99. The number of aromatic nitrogens is 1. The number of hydrogen-bond acceptors (Lipinski definition) is 5. The van der Waals surface area contributed by atoms with E-state index in [2.05, 4.69) is 20.5 Å². The molecule has 116 valence electrons. The molecule has 0 aromatic carbocycles. The second-order valence-corrected chi connectivity index (χ2v) is 6.34. The number of hydrogen-bond donors (Lipinski definition) is 2. The summed E-state index contributed by atoms with van der Waals surface area (Å²) in [6.07, 6.45) is 2.71. The maximum absolute atomic E-state index is 6.18. The maximum Gasteiger partial charge on any atom is 0.147 e. The van der Waals surface area contributed by atoms with Crippen LogP contribution in [0, 0.1) is 0 Å². The Bertz CT molecular complexity index is 514. The van der Waals surface area contributed by atoms with Gasteiger partial charge in [-0.25, -0.2) is 4.98 Å². The summed E-state index contributed by atoms with van der Waals surface area (Å²) in [4.78, 5) is 6.91. The molecule has 2 unspecified atom stereocenters. The van der Waals surface area contributed by atoms with Crippen molar-refractivity contribution in [1.29, 1.82) is 0 Å². The predicted molar refractivity (Wildman–Crippen MR) is 86.6 cm³/mol. The van der Waals surface area contributed by atoms with Gasteiger partial charge < -0.3 is 15.4 Å². The Labute approximate surface area is 135 Å². The highest BCUT2D eigenvalue weighted by Gasteiger charge is 2.32. The van der Waals surface area contributed by atoms with Gasteiger partial charge in [0, 0.05) is 26.2 Å². The highest BCUT2D eigenvalue weighted by Crippen LogP contribution is 2.29. The van der Waals surface area contributed by atoms with Crippen molar-refractivity contribution in [2.75, 3.05) is 43.9 Å². The summed E-state index contributed by atoms with van der Waals surface area (Å²) in [5.41, 5.74) is 0. The first-order valence-corrected chi connectivity index (χ1v) is 8.06. The van der Waals surface area contributed by atoms with E-state index >= 15 is 0 Å². The molecule has 2 atom stereocenters. The van der Waals surface area contributed by atoms with Crippen LogP contribution >= 0.6 is 23.2 Å². The lowest BCUT2D eigenvalue weighted by atomic mass is 10.2. The van der Waals surface area contributed by atoms with Crippen molar-refractivity contribution < 1.29 is 4.74 Å². The van der Waals surface area contributed by atoms with Gasteiger partial charge in [-0.3, -0.25) is 4.90 Å². The number of morpholine rings is 1. The number of nitrogens with zero attached hydrogens (tertiary/aromatic N) is 2. The molecule has 0 spiro atoms. The largest absolute Gasteiger partial charge is 0.373 e. The Kier molecular flexibility index (Phi) is 4.74. The molecule has 3 rings (SSSR count). The molecule has 0 aliphatic carbocycles. The average Bonchev–Trinajstić information content (AvgIpc) is 2.94. The van der Waals surface area contributed by atoms with Crippen LogP contribution < -0.4 is 10.6 Å². The zero-order valence-corrected chi connectivity index (χ0v) is 13.5. The first kappa shape index (κ1) is 15.2. The average molecular weight is 331 g/mol. The molecule has 1 aromatic heterocycles. The predicted octanol–water partition coefficient (Wildman–Crippen LogP) is 2.71. The number of nitrogens with one attached hydrogen (secondary N) is 2. The van der Waals surface area contributed by atoms with E-state index in [-0.39, 0.29) is 6.10 Å². The SMILES string of the molecule is CNc1nc(NCC2CN3CCCC3CO2)c(Cl)cc1Cl. The van der Waals surface area contributed by atoms with Crippen LogP contribution in [0.5, 0.6) is 0 Å². The van der Waals surface area contributed by atoms with Crippen molar-refractivity contribution in [1.82, 2.24) is 9.88 Å². The van der Waals surface area contributed by atoms with E-state index in [9.17, 15) is 0 Å². The van der Waals surface area contributed by atoms with E-state index in [1.165, 1.54) is 19.4 Å². The van der Waals surface area contributed by atoms with Gasteiger partial charge in [-0.05, 0) is 25.5 Å². The van der Waals surface area contributed by atoms with Crippen LogP contribution in [0.2, 0.25) is 10.0 Å². The molecule has 2 aliphatic heterocycles. The van der Waals surface area contributed by atoms with Crippen molar-refractivity contribution in [2.45, 2.75) is 25.0 Å². The van der Waals surface area contributed by atoms with Gasteiger partial charge >= 0.3 is 0 Å². The fourth-order valence-corrected chi connectivity index (χ4v) is 3.51. The van der Waals surface area contributed by atoms with Crippen LogP contribution in [0.1, 0.15) is 12.8 Å². The molecule has 3 heterocycles. The van der Waals surface area contributed by atoms with E-state index in [0.717, 1.165) is 13.2 Å². The van der Waals surface area contributed by atoms with Gasteiger partial charge in [0.25, 0.3) is 0 Å². The molecule has 21 heavy (non-hydrogen) atoms. The van der Waals surface area contributed by atoms with E-state index in [0.29, 0.717) is 34.3 Å². The highest BCUT2D eigenvalue weighted by molar-refractivity contribution is 6.37. The fraction of sp³-hybridized carbons (Fsp3) is 0.643. The van der Waals surface area contributed by atoms with E-state index in [4.69, 9.17) is 27.9 Å². The van der Waals surface area contributed by atoms with Crippen molar-refractivity contribution >= 4 is 34.8 Å². The molecule has 1 aromatic rings. The van der Waals surface area contributed by atoms with E-state index in [1.807, 2.05) is 0 Å². The Morgan fingerprint density at radius 3 is 3.00 bits per heavy atom. The molecule has 0 bridgehead atoms. The second-order valence-electron chi connectivity index (χ2n) is 5.53. The Balaban J connectivity index is 1.60. The zero-order valence-electron chi connectivity index (χ0n) is 12.0. The first-order chi connectivity index (χ1) is 10.2. The smallest absolute Gasteiger partial charge is 0.147 e. The molecule has 7 heteroatoms. The van der Waals surface area contributed by atoms with Crippen LogP contribution in [0.3, 0.4) is 0 Å². The molecular formula is C14H20Cl2N4O. The summed E-state index contributed by atoms with van der Waals surface area (Å²) in [5, 5.41) is 7.26. The molecular weight excluding hydrogens is 311 g/mol. The molecule has 0 radical (unpaired) electrons. The van der Waals surface area contributed by atoms with E-state index in [1.54, 1.807) is 13.1 Å². The van der Waals surface area contributed by atoms with Crippen LogP contribution in [0.4, 0.5) is 11.6 Å². The summed E-state index contributed by atoms with van der Waals surface area (Å²) < 4.78 is 5.92. The Morgan fingerprint density at radius 1 is 1.38 bits per heavy atom. The first-order valence-electron chi connectivity index (χ1n) is 7.30. The van der Waals surface area contributed by atoms with E-state index < -0.39 is 0 Å². The summed E-state index contributed by atoms with van der Waals surface area (Å²) in [7, 11) is 1.78. The number of pyridine rings is 1. The molecule has 2 saturated heterocycles. The summed E-state index contributed by atoms with van der Waals surface area (Å²) >= 11 is 12.2. The van der Waals surface area contributed by atoms with Crippen molar-refractivity contribution in [3.05, 3.63) is 16.1 Å². The minimum absolute atomic E-state index is 0.172. The monoisotopic (exact) mass is 330 g/mol. The Morgan fingerprint density at radius 2 is 2.19 bits per heavy atom. The van der Waals surface area contributed by atoms with Crippen LogP contribution in [0.15, 0.2) is 6.07 Å². The zero-order chi connectivity index (χ0) is 14.8. The molecule has 0 saturated carbocycles. The van der Waals surface area contributed by atoms with Crippen molar-refractivity contribution in [2.24, 2.45) is 0 Å². The second kappa shape index (κ2) is 6.57. The summed E-state index contributed by atoms with van der Waals surface area (Å²) in [5.74, 6) is 1.25. The summed E-state index contributed by atoms with van der Waals surface area (Å²) in [6, 6.07) is 2.32. The highest BCUT2D eigenvalue weighted by atomic mass is 35.5. The number of rotatable bonds is 4. The number of anilines is 2. The normalized spacial score (nSPS) is 25.7. The minimum Gasteiger partial charge on any atom is -0.373 e. The molecule has 5 nitrogen and oxygen atoms in total.